The van der Waals surface area contributed by atoms with E-state index in [4.69, 9.17) is 9.47 Å². The molecule has 2 heterocycles. The topological polar surface area (TPSA) is 62.2 Å². The van der Waals surface area contributed by atoms with Crippen LogP contribution in [-0.2, 0) is 9.53 Å². The van der Waals surface area contributed by atoms with Crippen molar-refractivity contribution < 1.29 is 19.4 Å². The number of hydrogen-bond acceptors (Lipinski definition) is 5. The van der Waals surface area contributed by atoms with E-state index in [1.54, 1.807) is 4.90 Å². The number of benzene rings is 1. The molecule has 2 aliphatic rings. The third-order valence-electron chi connectivity index (χ3n) is 4.76. The molecule has 0 unspecified atom stereocenters. The maximum atomic E-state index is 12.5. The average Bonchev–Trinajstić information content (AvgIpc) is 3.03. The van der Waals surface area contributed by atoms with Crippen LogP contribution in [0.25, 0.3) is 0 Å². The number of amides is 1. The molecule has 0 spiro atoms. The number of ether oxygens (including phenoxy) is 2. The summed E-state index contributed by atoms with van der Waals surface area (Å²) in [6, 6.07) is 9.48. The molecule has 1 N–H and O–H groups in total. The fourth-order valence-corrected chi connectivity index (χ4v) is 3.51. The first-order valence-corrected chi connectivity index (χ1v) is 9.13. The smallest absolute Gasteiger partial charge is 0.226 e. The lowest BCUT2D eigenvalue weighted by Gasteiger charge is -2.34. The predicted octanol–water partition coefficient (Wildman–Crippen LogP) is 1.14. The molecule has 3 rings (SSSR count). The average molecular weight is 348 g/mol. The molecule has 1 amide bonds. The Morgan fingerprint density at radius 3 is 2.72 bits per heavy atom. The molecule has 25 heavy (non-hydrogen) atoms. The summed E-state index contributed by atoms with van der Waals surface area (Å²) in [6.45, 7) is 4.53. The molecular weight excluding hydrogens is 320 g/mol. The predicted molar refractivity (Wildman–Crippen MR) is 94.6 cm³/mol. The second-order valence-corrected chi connectivity index (χ2v) is 6.99. The Morgan fingerprint density at radius 1 is 1.20 bits per heavy atom. The SMILES string of the molecule is O=C(CCOc1ccccc1)N1CCOC[C@@](O)(CN2CCCC2)C1. The van der Waals surface area contributed by atoms with Gasteiger partial charge in [0.05, 0.1) is 32.8 Å². The van der Waals surface area contributed by atoms with Crippen molar-refractivity contribution in [2.24, 2.45) is 0 Å². The minimum Gasteiger partial charge on any atom is -0.493 e. The molecule has 6 nitrogen and oxygen atoms in total. The molecule has 1 atom stereocenters. The Hall–Kier alpha value is -1.63. The van der Waals surface area contributed by atoms with Gasteiger partial charge in [0.2, 0.25) is 5.91 Å². The summed E-state index contributed by atoms with van der Waals surface area (Å²) in [7, 11) is 0. The number of carbonyl (C=O) groups excluding carboxylic acids is 1. The fraction of sp³-hybridized carbons (Fsp3) is 0.632. The van der Waals surface area contributed by atoms with Crippen molar-refractivity contribution in [2.75, 3.05) is 52.5 Å². The molecule has 6 heteroatoms. The lowest BCUT2D eigenvalue weighted by Crippen LogP contribution is -2.53. The molecule has 2 fully saturated rings. The number of hydrogen-bond donors (Lipinski definition) is 1. The van der Waals surface area contributed by atoms with Crippen LogP contribution in [0.2, 0.25) is 0 Å². The van der Waals surface area contributed by atoms with E-state index in [9.17, 15) is 9.90 Å². The van der Waals surface area contributed by atoms with Gasteiger partial charge in [0.25, 0.3) is 0 Å². The molecular formula is C19H28N2O4. The summed E-state index contributed by atoms with van der Waals surface area (Å²) in [5, 5.41) is 10.9. The van der Waals surface area contributed by atoms with Crippen LogP contribution in [-0.4, -0.2) is 79.0 Å². The molecule has 0 aromatic heterocycles. The first-order chi connectivity index (χ1) is 12.1. The number of aliphatic hydroxyl groups is 1. The summed E-state index contributed by atoms with van der Waals surface area (Å²) >= 11 is 0. The highest BCUT2D eigenvalue weighted by Gasteiger charge is 2.36. The van der Waals surface area contributed by atoms with Crippen molar-refractivity contribution in [3.63, 3.8) is 0 Å². The van der Waals surface area contributed by atoms with Gasteiger partial charge in [-0.25, -0.2) is 0 Å². The Balaban J connectivity index is 1.50. The van der Waals surface area contributed by atoms with Gasteiger partial charge in [-0.15, -0.1) is 0 Å². The van der Waals surface area contributed by atoms with Gasteiger partial charge in [-0.05, 0) is 38.1 Å². The van der Waals surface area contributed by atoms with Crippen LogP contribution < -0.4 is 4.74 Å². The summed E-state index contributed by atoms with van der Waals surface area (Å²) in [5.74, 6) is 0.765. The molecule has 0 aliphatic carbocycles. The molecule has 2 saturated heterocycles. The third kappa shape index (κ3) is 5.42. The Bertz CT molecular complexity index is 548. The van der Waals surface area contributed by atoms with Gasteiger partial charge in [0.15, 0.2) is 0 Å². The summed E-state index contributed by atoms with van der Waals surface area (Å²) < 4.78 is 11.2. The first-order valence-electron chi connectivity index (χ1n) is 9.13. The highest BCUT2D eigenvalue weighted by molar-refractivity contribution is 5.76. The van der Waals surface area contributed by atoms with Gasteiger partial charge in [-0.3, -0.25) is 4.79 Å². The third-order valence-corrected chi connectivity index (χ3v) is 4.76. The molecule has 1 aromatic carbocycles. The van der Waals surface area contributed by atoms with E-state index in [0.717, 1.165) is 18.8 Å². The highest BCUT2D eigenvalue weighted by atomic mass is 16.5. The Kier molecular flexibility index (Phi) is 6.29. The van der Waals surface area contributed by atoms with Crippen molar-refractivity contribution in [1.29, 1.82) is 0 Å². The van der Waals surface area contributed by atoms with Gasteiger partial charge in [0.1, 0.15) is 11.4 Å². The molecule has 0 bridgehead atoms. The number of carbonyl (C=O) groups is 1. The van der Waals surface area contributed by atoms with E-state index in [2.05, 4.69) is 4.90 Å². The van der Waals surface area contributed by atoms with Crippen LogP contribution in [0.1, 0.15) is 19.3 Å². The van der Waals surface area contributed by atoms with Gasteiger partial charge < -0.3 is 24.4 Å². The van der Waals surface area contributed by atoms with Crippen molar-refractivity contribution in [2.45, 2.75) is 24.9 Å². The minimum absolute atomic E-state index is 0.00118. The van der Waals surface area contributed by atoms with Crippen molar-refractivity contribution >= 4 is 5.91 Å². The summed E-state index contributed by atoms with van der Waals surface area (Å²) in [4.78, 5) is 16.5. The second-order valence-electron chi connectivity index (χ2n) is 6.99. The number of likely N-dealkylation sites (tertiary alicyclic amines) is 1. The number of rotatable bonds is 6. The summed E-state index contributed by atoms with van der Waals surface area (Å²) in [6.07, 6.45) is 2.65. The van der Waals surface area contributed by atoms with Crippen LogP contribution in [0.3, 0.4) is 0 Å². The van der Waals surface area contributed by atoms with Crippen LogP contribution in [0, 0.1) is 0 Å². The quantitative estimate of drug-likeness (QED) is 0.835. The highest BCUT2D eigenvalue weighted by Crippen LogP contribution is 2.18. The zero-order valence-electron chi connectivity index (χ0n) is 14.7. The lowest BCUT2D eigenvalue weighted by molar-refractivity contribution is -0.135. The van der Waals surface area contributed by atoms with E-state index >= 15 is 0 Å². The largest absolute Gasteiger partial charge is 0.493 e. The van der Waals surface area contributed by atoms with E-state index < -0.39 is 5.60 Å². The number of β-amino-alcohol motifs (C(OH)–C–C–N with tert-alkyl or cyclic N) is 1. The maximum absolute atomic E-state index is 12.5. The van der Waals surface area contributed by atoms with Crippen molar-refractivity contribution in [1.82, 2.24) is 9.80 Å². The van der Waals surface area contributed by atoms with Crippen LogP contribution in [0.5, 0.6) is 5.75 Å². The molecule has 2 aliphatic heterocycles. The Labute approximate surface area is 149 Å². The van der Waals surface area contributed by atoms with Crippen LogP contribution >= 0.6 is 0 Å². The summed E-state index contributed by atoms with van der Waals surface area (Å²) in [5.41, 5.74) is -0.989. The van der Waals surface area contributed by atoms with Crippen molar-refractivity contribution in [3.8, 4) is 5.75 Å². The lowest BCUT2D eigenvalue weighted by atomic mass is 10.0. The standard InChI is InChI=1S/C19H28N2O4/c22-18(8-12-25-17-6-2-1-3-7-17)21-11-13-24-16-19(23,15-21)14-20-9-4-5-10-20/h1-3,6-7,23H,4-5,8-16H2/t19-/m1/s1. The van der Waals surface area contributed by atoms with Crippen LogP contribution in [0.15, 0.2) is 30.3 Å². The molecule has 0 radical (unpaired) electrons. The maximum Gasteiger partial charge on any atom is 0.226 e. The normalized spacial score (nSPS) is 24.9. The Morgan fingerprint density at radius 2 is 1.96 bits per heavy atom. The molecule has 138 valence electrons. The van der Waals surface area contributed by atoms with E-state index in [1.807, 2.05) is 30.3 Å². The second kappa shape index (κ2) is 8.65. The van der Waals surface area contributed by atoms with Gasteiger partial charge >= 0.3 is 0 Å². The van der Waals surface area contributed by atoms with Gasteiger partial charge in [-0.2, -0.15) is 0 Å². The zero-order chi connectivity index (χ0) is 17.5. The minimum atomic E-state index is -0.989. The van der Waals surface area contributed by atoms with Crippen molar-refractivity contribution in [3.05, 3.63) is 30.3 Å². The molecule has 0 saturated carbocycles. The molecule has 1 aromatic rings. The van der Waals surface area contributed by atoms with Gasteiger partial charge in [0, 0.05) is 13.1 Å². The van der Waals surface area contributed by atoms with E-state index in [1.165, 1.54) is 12.8 Å². The fourth-order valence-electron chi connectivity index (χ4n) is 3.51. The van der Waals surface area contributed by atoms with E-state index in [-0.39, 0.29) is 12.5 Å². The van der Waals surface area contributed by atoms with Gasteiger partial charge in [-0.1, -0.05) is 18.2 Å². The zero-order valence-corrected chi connectivity index (χ0v) is 14.7. The van der Waals surface area contributed by atoms with Crippen LogP contribution in [0.4, 0.5) is 0 Å². The number of para-hydroxylation sites is 1. The monoisotopic (exact) mass is 348 g/mol. The van der Waals surface area contributed by atoms with E-state index in [0.29, 0.717) is 39.3 Å². The first kappa shape index (κ1) is 18.2. The number of nitrogens with zero attached hydrogens (tertiary/aromatic N) is 2.